The van der Waals surface area contributed by atoms with Crippen LogP contribution in [0.3, 0.4) is 0 Å². The summed E-state index contributed by atoms with van der Waals surface area (Å²) in [6.45, 7) is 15.7. The molecule has 1 amide bonds. The summed E-state index contributed by atoms with van der Waals surface area (Å²) < 4.78 is 5.40. The number of hydrogen-bond donors (Lipinski definition) is 2. The molecular weight excluding hydrogens is 396 g/mol. The second-order valence-electron chi connectivity index (χ2n) is 10.4. The molecule has 1 heterocycles. The Kier molecular flexibility index (Phi) is 6.82. The highest BCUT2D eigenvalue weighted by Gasteiger charge is 2.22. The number of aromatic amines is 1. The van der Waals surface area contributed by atoms with Gasteiger partial charge in [-0.15, -0.1) is 0 Å². The number of nitrogens with one attached hydrogen (secondary N) is 2. The van der Waals surface area contributed by atoms with Crippen molar-refractivity contribution in [1.29, 1.82) is 0 Å². The zero-order valence-electron chi connectivity index (χ0n) is 20.4. The fourth-order valence-corrected chi connectivity index (χ4v) is 3.81. The third-order valence-corrected chi connectivity index (χ3v) is 5.74. The lowest BCUT2D eigenvalue weighted by Gasteiger charge is -2.23. The van der Waals surface area contributed by atoms with Crippen molar-refractivity contribution in [2.75, 3.05) is 6.54 Å². The van der Waals surface area contributed by atoms with Crippen molar-refractivity contribution in [2.45, 2.75) is 65.2 Å². The van der Waals surface area contributed by atoms with Crippen LogP contribution in [-0.4, -0.2) is 17.6 Å². The Labute approximate surface area is 192 Å². The Balaban J connectivity index is 2.00. The molecule has 0 saturated heterocycles. The van der Waals surface area contributed by atoms with Gasteiger partial charge >= 0.3 is 6.09 Å². The number of carbonyl (C=O) groups is 1. The second kappa shape index (κ2) is 9.23. The topological polar surface area (TPSA) is 54.1 Å². The predicted octanol–water partition coefficient (Wildman–Crippen LogP) is 6.90. The Morgan fingerprint density at radius 2 is 1.34 bits per heavy atom. The number of carbonyl (C=O) groups excluding carboxylic acids is 1. The van der Waals surface area contributed by atoms with Gasteiger partial charge in [-0.3, -0.25) is 0 Å². The quantitative estimate of drug-likeness (QED) is 0.461. The number of hydrogen-bond acceptors (Lipinski definition) is 2. The van der Waals surface area contributed by atoms with Crippen LogP contribution in [0.25, 0.3) is 0 Å². The largest absolute Gasteiger partial charge is 0.412 e. The minimum absolute atomic E-state index is 0.00428. The van der Waals surface area contributed by atoms with Gasteiger partial charge in [0, 0.05) is 30.4 Å². The maximum Gasteiger partial charge on any atom is 0.412 e. The van der Waals surface area contributed by atoms with Crippen LogP contribution in [0.2, 0.25) is 0 Å². The van der Waals surface area contributed by atoms with E-state index in [1.165, 1.54) is 22.3 Å². The molecule has 0 spiro atoms. The van der Waals surface area contributed by atoms with E-state index in [1.807, 2.05) is 13.0 Å². The Morgan fingerprint density at radius 3 is 1.75 bits per heavy atom. The fraction of sp³-hybridized carbons (Fsp3) is 0.393. The first-order chi connectivity index (χ1) is 15.0. The summed E-state index contributed by atoms with van der Waals surface area (Å²) in [5, 5.41) is 2.66. The number of ether oxygens (including phenoxy) is 1. The molecule has 3 aromatic rings. The number of rotatable bonds is 5. The highest BCUT2D eigenvalue weighted by Crippen LogP contribution is 2.35. The number of aromatic nitrogens is 1. The van der Waals surface area contributed by atoms with E-state index >= 15 is 0 Å². The van der Waals surface area contributed by atoms with Crippen LogP contribution in [0, 0.1) is 0 Å². The molecule has 170 valence electrons. The van der Waals surface area contributed by atoms with Crippen LogP contribution in [0.1, 0.15) is 82.3 Å². The molecule has 32 heavy (non-hydrogen) atoms. The van der Waals surface area contributed by atoms with E-state index in [2.05, 4.69) is 100 Å². The van der Waals surface area contributed by atoms with Gasteiger partial charge in [0.25, 0.3) is 0 Å². The van der Waals surface area contributed by atoms with Crippen LogP contribution in [0.4, 0.5) is 4.79 Å². The second-order valence-corrected chi connectivity index (χ2v) is 10.4. The fourth-order valence-electron chi connectivity index (χ4n) is 3.81. The molecule has 4 heteroatoms. The van der Waals surface area contributed by atoms with Gasteiger partial charge in [0.2, 0.25) is 0 Å². The van der Waals surface area contributed by atoms with Crippen LogP contribution in [-0.2, 0) is 10.8 Å². The molecule has 0 aliphatic heterocycles. The molecule has 2 aromatic carbocycles. The predicted molar refractivity (Wildman–Crippen MR) is 132 cm³/mol. The molecule has 1 aromatic heterocycles. The van der Waals surface area contributed by atoms with E-state index in [9.17, 15) is 4.79 Å². The van der Waals surface area contributed by atoms with Crippen molar-refractivity contribution >= 4 is 6.09 Å². The summed E-state index contributed by atoms with van der Waals surface area (Å²) in [5.41, 5.74) is 6.16. The van der Waals surface area contributed by atoms with Gasteiger partial charge in [-0.1, -0.05) is 90.1 Å². The Bertz CT molecular complexity index is 975. The third kappa shape index (κ3) is 5.61. The van der Waals surface area contributed by atoms with E-state index < -0.39 is 6.09 Å². The Hall–Kier alpha value is -3.01. The van der Waals surface area contributed by atoms with E-state index in [1.54, 1.807) is 6.20 Å². The van der Waals surface area contributed by atoms with Crippen molar-refractivity contribution in [2.24, 2.45) is 0 Å². The number of H-pyrrole nitrogens is 1. The van der Waals surface area contributed by atoms with Gasteiger partial charge in [-0.25, -0.2) is 4.79 Å². The van der Waals surface area contributed by atoms with Gasteiger partial charge in [0.15, 0.2) is 5.75 Å². The highest BCUT2D eigenvalue weighted by molar-refractivity contribution is 5.70. The number of amides is 1. The molecule has 0 saturated carbocycles. The SMILES string of the molecule is CCNC(=O)Oc1c[nH]c(C(c2ccc(C(C)(C)C)cc2)c2ccc(C(C)(C)C)cc2)c1. The van der Waals surface area contributed by atoms with Crippen LogP contribution in [0.15, 0.2) is 60.8 Å². The van der Waals surface area contributed by atoms with E-state index in [0.29, 0.717) is 12.3 Å². The Morgan fingerprint density at radius 1 is 0.875 bits per heavy atom. The standard InChI is InChI=1S/C28H36N2O2/c1-8-29-26(31)32-23-17-24(30-18-23)25(19-9-13-21(14-10-19)27(2,3)4)20-11-15-22(16-12-20)28(5,6)7/h9-18,25,30H,8H2,1-7H3,(H,29,31). The first kappa shape index (κ1) is 23.6. The normalized spacial score (nSPS) is 12.1. The van der Waals surface area contributed by atoms with Crippen molar-refractivity contribution in [3.8, 4) is 5.75 Å². The maximum atomic E-state index is 11.8. The molecule has 0 bridgehead atoms. The molecule has 0 aliphatic carbocycles. The molecule has 0 aliphatic rings. The van der Waals surface area contributed by atoms with Crippen molar-refractivity contribution in [1.82, 2.24) is 10.3 Å². The highest BCUT2D eigenvalue weighted by atomic mass is 16.6. The minimum atomic E-state index is -0.446. The molecule has 3 rings (SSSR count). The van der Waals surface area contributed by atoms with Crippen LogP contribution >= 0.6 is 0 Å². The summed E-state index contributed by atoms with van der Waals surface area (Å²) in [7, 11) is 0. The van der Waals surface area contributed by atoms with Crippen LogP contribution < -0.4 is 10.1 Å². The minimum Gasteiger partial charge on any atom is -0.409 e. The van der Waals surface area contributed by atoms with Gasteiger partial charge < -0.3 is 15.0 Å². The maximum absolute atomic E-state index is 11.8. The molecule has 0 fully saturated rings. The summed E-state index contributed by atoms with van der Waals surface area (Å²) in [6, 6.07) is 19.6. The molecule has 0 unspecified atom stereocenters. The van der Waals surface area contributed by atoms with Crippen molar-refractivity contribution in [3.63, 3.8) is 0 Å². The van der Waals surface area contributed by atoms with E-state index in [0.717, 1.165) is 5.69 Å². The first-order valence-electron chi connectivity index (χ1n) is 11.3. The average Bonchev–Trinajstić information content (AvgIpc) is 3.15. The summed E-state index contributed by atoms with van der Waals surface area (Å²) in [5.74, 6) is 0.512. The summed E-state index contributed by atoms with van der Waals surface area (Å²) in [6.07, 6.45) is 1.30. The molecule has 0 atom stereocenters. The van der Waals surface area contributed by atoms with Gasteiger partial charge in [0.1, 0.15) is 0 Å². The lowest BCUT2D eigenvalue weighted by molar-refractivity contribution is 0.201. The molecule has 0 radical (unpaired) electrons. The van der Waals surface area contributed by atoms with E-state index in [4.69, 9.17) is 4.74 Å². The molecule has 2 N–H and O–H groups in total. The zero-order chi connectivity index (χ0) is 23.5. The number of benzene rings is 2. The smallest absolute Gasteiger partial charge is 0.409 e. The third-order valence-electron chi connectivity index (χ3n) is 5.74. The summed E-state index contributed by atoms with van der Waals surface area (Å²) >= 11 is 0. The van der Waals surface area contributed by atoms with Crippen LogP contribution in [0.5, 0.6) is 5.75 Å². The molecular formula is C28H36N2O2. The molecule has 4 nitrogen and oxygen atoms in total. The van der Waals surface area contributed by atoms with Crippen molar-refractivity contribution < 1.29 is 9.53 Å². The van der Waals surface area contributed by atoms with Gasteiger partial charge in [0.05, 0.1) is 0 Å². The van der Waals surface area contributed by atoms with Gasteiger partial charge in [-0.2, -0.15) is 0 Å². The van der Waals surface area contributed by atoms with E-state index in [-0.39, 0.29) is 16.7 Å². The van der Waals surface area contributed by atoms with Crippen molar-refractivity contribution in [3.05, 3.63) is 88.7 Å². The zero-order valence-corrected chi connectivity index (χ0v) is 20.4. The average molecular weight is 433 g/mol. The lowest BCUT2D eigenvalue weighted by atomic mass is 9.82. The summed E-state index contributed by atoms with van der Waals surface area (Å²) in [4.78, 5) is 15.2. The van der Waals surface area contributed by atoms with Gasteiger partial charge in [-0.05, 0) is 40.0 Å². The lowest BCUT2D eigenvalue weighted by Crippen LogP contribution is -2.26. The monoisotopic (exact) mass is 432 g/mol. The first-order valence-corrected chi connectivity index (χ1v) is 11.3.